The van der Waals surface area contributed by atoms with Gasteiger partial charge in [0.05, 0.1) is 17.3 Å². The Morgan fingerprint density at radius 2 is 1.95 bits per heavy atom. The highest BCUT2D eigenvalue weighted by Gasteiger charge is 2.07. The number of hydrogen-bond donors (Lipinski definition) is 2. The van der Waals surface area contributed by atoms with E-state index in [1.807, 2.05) is 36.4 Å². The first kappa shape index (κ1) is 14.5. The molecule has 0 aliphatic heterocycles. The Labute approximate surface area is 124 Å². The minimum Gasteiger partial charge on any atom is -0.506 e. The lowest BCUT2D eigenvalue weighted by Gasteiger charge is -2.13. The monoisotopic (exact) mass is 291 g/mol. The van der Waals surface area contributed by atoms with Gasteiger partial charge in [0.25, 0.3) is 0 Å². The Morgan fingerprint density at radius 1 is 1.15 bits per heavy atom. The van der Waals surface area contributed by atoms with Crippen LogP contribution in [0.15, 0.2) is 42.5 Å². The predicted molar refractivity (Wildman–Crippen MR) is 82.7 cm³/mol. The number of para-hydroxylation sites is 3. The van der Waals surface area contributed by atoms with E-state index in [4.69, 9.17) is 16.3 Å². The Kier molecular flexibility index (Phi) is 5.13. The van der Waals surface area contributed by atoms with Crippen LogP contribution in [0.4, 0.5) is 5.69 Å². The molecule has 0 radical (unpaired) electrons. The molecule has 3 nitrogen and oxygen atoms in total. The molecule has 0 atom stereocenters. The molecule has 2 rings (SSSR count). The van der Waals surface area contributed by atoms with Crippen molar-refractivity contribution < 1.29 is 9.84 Å². The topological polar surface area (TPSA) is 41.5 Å². The molecule has 0 saturated heterocycles. The fraction of sp³-hybridized carbons (Fsp3) is 0.250. The zero-order chi connectivity index (χ0) is 14.4. The van der Waals surface area contributed by atoms with Gasteiger partial charge in [0, 0.05) is 12.1 Å². The second kappa shape index (κ2) is 7.06. The molecule has 2 N–H and O–H groups in total. The first-order valence-electron chi connectivity index (χ1n) is 6.64. The van der Waals surface area contributed by atoms with Crippen LogP contribution in [0, 0.1) is 0 Å². The molecule has 106 valence electrons. The molecule has 20 heavy (non-hydrogen) atoms. The first-order chi connectivity index (χ1) is 9.72. The van der Waals surface area contributed by atoms with Gasteiger partial charge in [-0.05, 0) is 24.6 Å². The van der Waals surface area contributed by atoms with E-state index >= 15 is 0 Å². The van der Waals surface area contributed by atoms with E-state index in [9.17, 15) is 5.11 Å². The van der Waals surface area contributed by atoms with Gasteiger partial charge in [-0.15, -0.1) is 0 Å². The standard InChI is InChI=1S/C16H18ClNO2/c1-2-10-20-15-9-4-3-8-14(15)18-11-12-6-5-7-13(17)16(12)19/h3-9,18-19H,2,10-11H2,1H3. The average molecular weight is 292 g/mol. The highest BCUT2D eigenvalue weighted by atomic mass is 35.5. The van der Waals surface area contributed by atoms with Crippen LogP contribution in [0.25, 0.3) is 0 Å². The van der Waals surface area contributed by atoms with Gasteiger partial charge in [0.1, 0.15) is 11.5 Å². The van der Waals surface area contributed by atoms with Crippen molar-refractivity contribution in [3.05, 3.63) is 53.1 Å². The van der Waals surface area contributed by atoms with E-state index in [2.05, 4.69) is 12.2 Å². The largest absolute Gasteiger partial charge is 0.506 e. The van der Waals surface area contributed by atoms with E-state index in [1.54, 1.807) is 6.07 Å². The third kappa shape index (κ3) is 3.58. The number of benzene rings is 2. The van der Waals surface area contributed by atoms with Gasteiger partial charge in [-0.3, -0.25) is 0 Å². The van der Waals surface area contributed by atoms with Gasteiger partial charge in [0.2, 0.25) is 0 Å². The molecule has 0 aromatic heterocycles. The van der Waals surface area contributed by atoms with Gasteiger partial charge < -0.3 is 15.2 Å². The van der Waals surface area contributed by atoms with Gasteiger partial charge in [-0.25, -0.2) is 0 Å². The van der Waals surface area contributed by atoms with Gasteiger partial charge in [0.15, 0.2) is 0 Å². The summed E-state index contributed by atoms with van der Waals surface area (Å²) in [7, 11) is 0. The number of phenols is 1. The van der Waals surface area contributed by atoms with Gasteiger partial charge >= 0.3 is 0 Å². The molecular formula is C16H18ClNO2. The lowest BCUT2D eigenvalue weighted by molar-refractivity contribution is 0.319. The van der Waals surface area contributed by atoms with Crippen LogP contribution < -0.4 is 10.1 Å². The number of anilines is 1. The number of nitrogens with one attached hydrogen (secondary N) is 1. The number of hydrogen-bond acceptors (Lipinski definition) is 3. The summed E-state index contributed by atoms with van der Waals surface area (Å²) in [5.74, 6) is 0.935. The van der Waals surface area contributed by atoms with Crippen LogP contribution in [0.5, 0.6) is 11.5 Å². The molecule has 0 amide bonds. The molecule has 0 heterocycles. The Bertz CT molecular complexity index is 572. The van der Waals surface area contributed by atoms with Crippen molar-refractivity contribution in [3.63, 3.8) is 0 Å². The number of aromatic hydroxyl groups is 1. The normalized spacial score (nSPS) is 10.3. The summed E-state index contributed by atoms with van der Waals surface area (Å²) in [4.78, 5) is 0. The zero-order valence-corrected chi connectivity index (χ0v) is 12.2. The van der Waals surface area contributed by atoms with E-state index in [0.29, 0.717) is 18.2 Å². The highest BCUT2D eigenvalue weighted by Crippen LogP contribution is 2.29. The molecule has 0 bridgehead atoms. The van der Waals surface area contributed by atoms with Crippen molar-refractivity contribution in [2.45, 2.75) is 19.9 Å². The van der Waals surface area contributed by atoms with E-state index in [1.165, 1.54) is 0 Å². The van der Waals surface area contributed by atoms with E-state index in [-0.39, 0.29) is 5.75 Å². The smallest absolute Gasteiger partial charge is 0.142 e. The van der Waals surface area contributed by atoms with Crippen LogP contribution in [0.3, 0.4) is 0 Å². The van der Waals surface area contributed by atoms with Crippen LogP contribution in [0.1, 0.15) is 18.9 Å². The molecule has 0 unspecified atom stereocenters. The second-order valence-corrected chi connectivity index (χ2v) is 4.85. The van der Waals surface area contributed by atoms with Crippen LogP contribution in [-0.2, 0) is 6.54 Å². The summed E-state index contributed by atoms with van der Waals surface area (Å²) in [6.45, 7) is 3.24. The molecular weight excluding hydrogens is 274 g/mol. The molecule has 0 spiro atoms. The summed E-state index contributed by atoms with van der Waals surface area (Å²) >= 11 is 5.89. The summed E-state index contributed by atoms with van der Waals surface area (Å²) in [5, 5.41) is 13.5. The SMILES string of the molecule is CCCOc1ccccc1NCc1cccc(Cl)c1O. The Morgan fingerprint density at radius 3 is 2.75 bits per heavy atom. The zero-order valence-electron chi connectivity index (χ0n) is 11.4. The number of rotatable bonds is 6. The highest BCUT2D eigenvalue weighted by molar-refractivity contribution is 6.32. The Balaban J connectivity index is 2.09. The lowest BCUT2D eigenvalue weighted by Crippen LogP contribution is -2.03. The average Bonchev–Trinajstić information content (AvgIpc) is 2.47. The van der Waals surface area contributed by atoms with Crippen LogP contribution >= 0.6 is 11.6 Å². The van der Waals surface area contributed by atoms with Crippen molar-refractivity contribution in [1.29, 1.82) is 0 Å². The fourth-order valence-corrected chi connectivity index (χ4v) is 2.04. The molecule has 0 fully saturated rings. The molecule has 0 aliphatic carbocycles. The maximum atomic E-state index is 9.88. The predicted octanol–water partition coefficient (Wildman–Crippen LogP) is 4.45. The fourth-order valence-electron chi connectivity index (χ4n) is 1.84. The van der Waals surface area contributed by atoms with Crippen molar-refractivity contribution in [2.75, 3.05) is 11.9 Å². The van der Waals surface area contributed by atoms with Crippen molar-refractivity contribution in [3.8, 4) is 11.5 Å². The van der Waals surface area contributed by atoms with Crippen LogP contribution in [-0.4, -0.2) is 11.7 Å². The van der Waals surface area contributed by atoms with E-state index < -0.39 is 0 Å². The first-order valence-corrected chi connectivity index (χ1v) is 7.02. The van der Waals surface area contributed by atoms with Crippen molar-refractivity contribution in [2.24, 2.45) is 0 Å². The second-order valence-electron chi connectivity index (χ2n) is 4.45. The van der Waals surface area contributed by atoms with Gasteiger partial charge in [-0.1, -0.05) is 42.8 Å². The van der Waals surface area contributed by atoms with Crippen molar-refractivity contribution in [1.82, 2.24) is 0 Å². The molecule has 0 aliphatic rings. The van der Waals surface area contributed by atoms with Crippen LogP contribution in [0.2, 0.25) is 5.02 Å². The van der Waals surface area contributed by atoms with E-state index in [0.717, 1.165) is 23.4 Å². The van der Waals surface area contributed by atoms with Gasteiger partial charge in [-0.2, -0.15) is 0 Å². The van der Waals surface area contributed by atoms with Crippen molar-refractivity contribution >= 4 is 17.3 Å². The number of phenolic OH excluding ortho intramolecular Hbond substituents is 1. The summed E-state index contributed by atoms with van der Waals surface area (Å²) in [6.07, 6.45) is 0.962. The summed E-state index contributed by atoms with van der Waals surface area (Å²) in [6, 6.07) is 13.1. The minimum absolute atomic E-state index is 0.119. The maximum Gasteiger partial charge on any atom is 0.142 e. The molecule has 4 heteroatoms. The summed E-state index contributed by atoms with van der Waals surface area (Å²) in [5.41, 5.74) is 1.66. The maximum absolute atomic E-state index is 9.88. The minimum atomic E-state index is 0.119. The summed E-state index contributed by atoms with van der Waals surface area (Å²) < 4.78 is 5.68. The lowest BCUT2D eigenvalue weighted by atomic mass is 10.2. The third-order valence-corrected chi connectivity index (χ3v) is 3.19. The number of ether oxygens (including phenoxy) is 1. The molecule has 2 aromatic carbocycles. The Hall–Kier alpha value is -1.87. The molecule has 0 saturated carbocycles. The molecule has 2 aromatic rings. The quantitative estimate of drug-likeness (QED) is 0.826. The number of halogens is 1. The third-order valence-electron chi connectivity index (χ3n) is 2.89.